The molecular weight excluding hydrogens is 242 g/mol. The SMILES string of the molecule is CCCNC(CSCC(O)CO)C(=O)OCC. The van der Waals surface area contributed by atoms with Gasteiger partial charge in [0.05, 0.1) is 19.3 Å². The van der Waals surface area contributed by atoms with Crippen molar-refractivity contribution in [3.8, 4) is 0 Å². The van der Waals surface area contributed by atoms with Crippen LogP contribution in [0.5, 0.6) is 0 Å². The zero-order chi connectivity index (χ0) is 13.1. The van der Waals surface area contributed by atoms with E-state index in [9.17, 15) is 9.90 Å². The molecule has 0 heterocycles. The van der Waals surface area contributed by atoms with Gasteiger partial charge in [-0.2, -0.15) is 11.8 Å². The van der Waals surface area contributed by atoms with E-state index in [-0.39, 0.29) is 18.6 Å². The van der Waals surface area contributed by atoms with Crippen LogP contribution in [-0.2, 0) is 9.53 Å². The van der Waals surface area contributed by atoms with Crippen LogP contribution in [0.3, 0.4) is 0 Å². The van der Waals surface area contributed by atoms with E-state index in [1.54, 1.807) is 6.92 Å². The predicted octanol–water partition coefficient (Wildman–Crippen LogP) is 0.00410. The van der Waals surface area contributed by atoms with Gasteiger partial charge in [0.2, 0.25) is 0 Å². The number of nitrogens with one attached hydrogen (secondary N) is 1. The number of hydrogen-bond acceptors (Lipinski definition) is 6. The van der Waals surface area contributed by atoms with E-state index in [4.69, 9.17) is 9.84 Å². The first-order valence-electron chi connectivity index (χ1n) is 5.92. The molecule has 0 amide bonds. The molecule has 6 heteroatoms. The molecule has 0 radical (unpaired) electrons. The van der Waals surface area contributed by atoms with E-state index in [2.05, 4.69) is 5.32 Å². The van der Waals surface area contributed by atoms with Crippen molar-refractivity contribution in [3.63, 3.8) is 0 Å². The third-order valence-corrected chi connectivity index (χ3v) is 3.21. The Labute approximate surface area is 107 Å². The fourth-order valence-corrected chi connectivity index (χ4v) is 2.15. The maximum absolute atomic E-state index is 11.6. The minimum atomic E-state index is -0.728. The van der Waals surface area contributed by atoms with Gasteiger partial charge in [0, 0.05) is 11.5 Å². The Bertz CT molecular complexity index is 204. The summed E-state index contributed by atoms with van der Waals surface area (Å²) in [6.45, 7) is 4.68. The Morgan fingerprint density at radius 2 is 2.12 bits per heavy atom. The molecule has 0 aliphatic rings. The standard InChI is InChI=1S/C11H23NO4S/c1-3-5-12-10(11(15)16-4-2)8-17-7-9(14)6-13/h9-10,12-14H,3-8H2,1-2H3. The van der Waals surface area contributed by atoms with Crippen LogP contribution < -0.4 is 5.32 Å². The summed E-state index contributed by atoms with van der Waals surface area (Å²) in [5.41, 5.74) is 0. The molecular formula is C11H23NO4S. The minimum Gasteiger partial charge on any atom is -0.465 e. The van der Waals surface area contributed by atoms with Gasteiger partial charge in [-0.3, -0.25) is 4.79 Å². The van der Waals surface area contributed by atoms with Crippen molar-refractivity contribution in [2.75, 3.05) is 31.3 Å². The zero-order valence-electron chi connectivity index (χ0n) is 10.5. The van der Waals surface area contributed by atoms with Gasteiger partial charge in [-0.25, -0.2) is 0 Å². The van der Waals surface area contributed by atoms with Gasteiger partial charge >= 0.3 is 5.97 Å². The van der Waals surface area contributed by atoms with E-state index < -0.39 is 6.10 Å². The zero-order valence-corrected chi connectivity index (χ0v) is 11.3. The molecule has 102 valence electrons. The van der Waals surface area contributed by atoms with Gasteiger partial charge in [0.25, 0.3) is 0 Å². The van der Waals surface area contributed by atoms with Gasteiger partial charge < -0.3 is 20.3 Å². The number of carbonyl (C=O) groups is 1. The van der Waals surface area contributed by atoms with E-state index in [0.717, 1.165) is 13.0 Å². The summed E-state index contributed by atoms with van der Waals surface area (Å²) < 4.78 is 4.96. The molecule has 0 saturated carbocycles. The van der Waals surface area contributed by atoms with Crippen LogP contribution in [-0.4, -0.2) is 59.6 Å². The average molecular weight is 265 g/mol. The molecule has 0 saturated heterocycles. The molecule has 2 atom stereocenters. The lowest BCUT2D eigenvalue weighted by atomic mass is 10.3. The summed E-state index contributed by atoms with van der Waals surface area (Å²) in [6.07, 6.45) is 0.217. The highest BCUT2D eigenvalue weighted by Crippen LogP contribution is 2.07. The third-order valence-electron chi connectivity index (χ3n) is 2.02. The molecule has 0 spiro atoms. The van der Waals surface area contributed by atoms with Gasteiger partial charge in [-0.05, 0) is 19.9 Å². The first kappa shape index (κ1) is 16.7. The molecule has 0 bridgehead atoms. The van der Waals surface area contributed by atoms with Gasteiger partial charge in [0.1, 0.15) is 6.04 Å². The number of ether oxygens (including phenoxy) is 1. The highest BCUT2D eigenvalue weighted by atomic mass is 32.2. The second-order valence-corrected chi connectivity index (χ2v) is 4.71. The number of esters is 1. The maximum Gasteiger partial charge on any atom is 0.323 e. The fraction of sp³-hybridized carbons (Fsp3) is 0.909. The maximum atomic E-state index is 11.6. The topological polar surface area (TPSA) is 78.8 Å². The normalized spacial score (nSPS) is 14.4. The van der Waals surface area contributed by atoms with Crippen molar-refractivity contribution in [3.05, 3.63) is 0 Å². The Balaban J connectivity index is 3.96. The van der Waals surface area contributed by atoms with Crippen LogP contribution in [0.15, 0.2) is 0 Å². The number of aliphatic hydroxyl groups excluding tert-OH is 2. The number of hydrogen-bond donors (Lipinski definition) is 3. The second kappa shape index (κ2) is 10.8. The van der Waals surface area contributed by atoms with Crippen LogP contribution in [0.25, 0.3) is 0 Å². The molecule has 0 aromatic carbocycles. The lowest BCUT2D eigenvalue weighted by molar-refractivity contribution is -0.144. The molecule has 0 rings (SSSR count). The largest absolute Gasteiger partial charge is 0.465 e. The van der Waals surface area contributed by atoms with Gasteiger partial charge in [-0.1, -0.05) is 6.92 Å². The summed E-state index contributed by atoms with van der Waals surface area (Å²) >= 11 is 1.43. The first-order chi connectivity index (χ1) is 8.15. The Morgan fingerprint density at radius 3 is 2.65 bits per heavy atom. The Kier molecular flexibility index (Phi) is 10.6. The molecule has 3 N–H and O–H groups in total. The highest BCUT2D eigenvalue weighted by molar-refractivity contribution is 7.99. The van der Waals surface area contributed by atoms with Crippen molar-refractivity contribution in [2.24, 2.45) is 0 Å². The number of aliphatic hydroxyl groups is 2. The second-order valence-electron chi connectivity index (χ2n) is 3.63. The van der Waals surface area contributed by atoms with Crippen molar-refractivity contribution in [1.82, 2.24) is 5.32 Å². The van der Waals surface area contributed by atoms with Crippen molar-refractivity contribution in [2.45, 2.75) is 32.4 Å². The molecule has 5 nitrogen and oxygen atoms in total. The van der Waals surface area contributed by atoms with Crippen LogP contribution in [0.4, 0.5) is 0 Å². The quantitative estimate of drug-likeness (QED) is 0.483. The summed E-state index contributed by atoms with van der Waals surface area (Å²) in [6, 6.07) is -0.342. The predicted molar refractivity (Wildman–Crippen MR) is 69.1 cm³/mol. The Hall–Kier alpha value is -0.300. The van der Waals surface area contributed by atoms with Crippen LogP contribution in [0.1, 0.15) is 20.3 Å². The van der Waals surface area contributed by atoms with Crippen LogP contribution >= 0.6 is 11.8 Å². The minimum absolute atomic E-state index is 0.251. The smallest absolute Gasteiger partial charge is 0.323 e. The van der Waals surface area contributed by atoms with Crippen molar-refractivity contribution in [1.29, 1.82) is 0 Å². The van der Waals surface area contributed by atoms with Crippen molar-refractivity contribution < 1.29 is 19.7 Å². The van der Waals surface area contributed by atoms with E-state index >= 15 is 0 Å². The summed E-state index contributed by atoms with van der Waals surface area (Å²) in [5, 5.41) is 21.0. The molecule has 17 heavy (non-hydrogen) atoms. The van der Waals surface area contributed by atoms with Crippen molar-refractivity contribution >= 4 is 17.7 Å². The summed E-state index contributed by atoms with van der Waals surface area (Å²) in [7, 11) is 0. The molecule has 0 fully saturated rings. The van der Waals surface area contributed by atoms with E-state index in [0.29, 0.717) is 18.1 Å². The fourth-order valence-electron chi connectivity index (χ4n) is 1.15. The molecule has 0 aromatic heterocycles. The lowest BCUT2D eigenvalue weighted by Gasteiger charge is -2.17. The number of thioether (sulfide) groups is 1. The Morgan fingerprint density at radius 1 is 1.41 bits per heavy atom. The number of carbonyl (C=O) groups excluding carboxylic acids is 1. The van der Waals surface area contributed by atoms with Gasteiger partial charge in [-0.15, -0.1) is 0 Å². The monoisotopic (exact) mass is 265 g/mol. The summed E-state index contributed by atoms with van der Waals surface area (Å²) in [4.78, 5) is 11.6. The van der Waals surface area contributed by atoms with E-state index in [1.165, 1.54) is 11.8 Å². The third kappa shape index (κ3) is 8.43. The highest BCUT2D eigenvalue weighted by Gasteiger charge is 2.19. The molecule has 0 aromatic rings. The molecule has 0 aliphatic heterocycles. The number of rotatable bonds is 10. The average Bonchev–Trinajstić information content (AvgIpc) is 2.33. The van der Waals surface area contributed by atoms with Crippen LogP contribution in [0, 0.1) is 0 Å². The van der Waals surface area contributed by atoms with Crippen LogP contribution in [0.2, 0.25) is 0 Å². The molecule has 0 aliphatic carbocycles. The summed E-state index contributed by atoms with van der Waals surface area (Å²) in [5.74, 6) is 0.697. The lowest BCUT2D eigenvalue weighted by Crippen LogP contribution is -2.40. The molecule has 2 unspecified atom stereocenters. The van der Waals surface area contributed by atoms with E-state index in [1.807, 2.05) is 6.92 Å². The van der Waals surface area contributed by atoms with Gasteiger partial charge in [0.15, 0.2) is 0 Å². The first-order valence-corrected chi connectivity index (χ1v) is 7.07.